The molecule has 2 aromatic rings. The maximum absolute atomic E-state index is 12.4. The molecule has 0 heterocycles. The second kappa shape index (κ2) is 9.16. The van der Waals surface area contributed by atoms with Crippen LogP contribution in [-0.2, 0) is 9.59 Å². The summed E-state index contributed by atoms with van der Waals surface area (Å²) in [6, 6.07) is 13.2. The highest BCUT2D eigenvalue weighted by atomic mass is 16.5. The van der Waals surface area contributed by atoms with E-state index in [0.717, 1.165) is 0 Å². The Labute approximate surface area is 156 Å². The van der Waals surface area contributed by atoms with E-state index in [1.54, 1.807) is 43.5 Å². The van der Waals surface area contributed by atoms with Gasteiger partial charge in [-0.2, -0.15) is 0 Å². The number of nitrogens with one attached hydrogen (secondary N) is 3. The Morgan fingerprint density at radius 2 is 1.63 bits per heavy atom. The van der Waals surface area contributed by atoms with Crippen LogP contribution in [0.25, 0.3) is 6.08 Å². The number of anilines is 1. The fraction of sp³-hybridized carbons (Fsp3) is 0.105. The minimum Gasteiger partial charge on any atom is -0.497 e. The summed E-state index contributed by atoms with van der Waals surface area (Å²) in [6.45, 7) is 1.39. The average molecular weight is 368 g/mol. The molecule has 8 heteroatoms. The van der Waals surface area contributed by atoms with Gasteiger partial charge in [0.05, 0.1) is 7.11 Å². The molecule has 2 rings (SSSR count). The summed E-state index contributed by atoms with van der Waals surface area (Å²) >= 11 is 0. The minimum atomic E-state index is -0.644. The van der Waals surface area contributed by atoms with Gasteiger partial charge in [-0.1, -0.05) is 12.1 Å². The molecule has 0 bridgehead atoms. The molecule has 0 saturated carbocycles. The Morgan fingerprint density at radius 3 is 2.15 bits per heavy atom. The summed E-state index contributed by atoms with van der Waals surface area (Å²) in [5.41, 5.74) is 3.54. The summed E-state index contributed by atoms with van der Waals surface area (Å²) in [5.74, 6) is 4.52. The second-order valence-corrected chi connectivity index (χ2v) is 5.52. The van der Waals surface area contributed by atoms with Gasteiger partial charge in [0.15, 0.2) is 0 Å². The maximum Gasteiger partial charge on any atom is 0.281 e. The molecule has 0 aliphatic heterocycles. The fourth-order valence-corrected chi connectivity index (χ4v) is 2.21. The third kappa shape index (κ3) is 5.68. The van der Waals surface area contributed by atoms with Gasteiger partial charge >= 0.3 is 0 Å². The first kappa shape index (κ1) is 19.7. The summed E-state index contributed by atoms with van der Waals surface area (Å²) in [6.07, 6.45) is 1.49. The number of amides is 3. The number of hydrogen-bond acceptors (Lipinski definition) is 5. The SMILES string of the molecule is COc1ccc(/C=C(\NC(=O)c2ccc(NC(C)=O)cc2)C(=O)NN)cc1. The van der Waals surface area contributed by atoms with Crippen molar-refractivity contribution in [3.8, 4) is 5.75 Å². The Balaban J connectivity index is 2.19. The van der Waals surface area contributed by atoms with Crippen LogP contribution in [0.3, 0.4) is 0 Å². The zero-order valence-corrected chi connectivity index (χ0v) is 14.9. The van der Waals surface area contributed by atoms with E-state index in [-0.39, 0.29) is 11.6 Å². The number of methoxy groups -OCH3 is 1. The van der Waals surface area contributed by atoms with Gasteiger partial charge in [0, 0.05) is 18.2 Å². The van der Waals surface area contributed by atoms with E-state index < -0.39 is 11.8 Å². The fourth-order valence-electron chi connectivity index (χ4n) is 2.21. The number of hydrogen-bond donors (Lipinski definition) is 4. The zero-order valence-electron chi connectivity index (χ0n) is 14.9. The molecular formula is C19H20N4O4. The quantitative estimate of drug-likeness (QED) is 0.266. The van der Waals surface area contributed by atoms with Crippen LogP contribution in [0, 0.1) is 0 Å². The highest BCUT2D eigenvalue weighted by Gasteiger charge is 2.14. The molecule has 0 aliphatic rings. The van der Waals surface area contributed by atoms with Gasteiger partial charge in [-0.05, 0) is 48.0 Å². The van der Waals surface area contributed by atoms with Gasteiger partial charge in [-0.25, -0.2) is 5.84 Å². The molecule has 0 aromatic heterocycles. The Kier molecular flexibility index (Phi) is 6.67. The molecule has 3 amide bonds. The molecule has 0 fully saturated rings. The zero-order chi connectivity index (χ0) is 19.8. The molecule has 8 nitrogen and oxygen atoms in total. The molecule has 2 aromatic carbocycles. The van der Waals surface area contributed by atoms with E-state index >= 15 is 0 Å². The van der Waals surface area contributed by atoms with Crippen LogP contribution < -0.4 is 26.6 Å². The van der Waals surface area contributed by atoms with E-state index in [1.165, 1.54) is 25.1 Å². The first-order valence-corrected chi connectivity index (χ1v) is 7.98. The Morgan fingerprint density at radius 1 is 1.00 bits per heavy atom. The highest BCUT2D eigenvalue weighted by Crippen LogP contribution is 2.14. The van der Waals surface area contributed by atoms with Crippen molar-refractivity contribution in [2.45, 2.75) is 6.92 Å². The van der Waals surface area contributed by atoms with Crippen LogP contribution in [0.15, 0.2) is 54.2 Å². The van der Waals surface area contributed by atoms with Gasteiger partial charge < -0.3 is 15.4 Å². The molecule has 0 aliphatic carbocycles. The van der Waals surface area contributed by atoms with Crippen molar-refractivity contribution in [3.63, 3.8) is 0 Å². The predicted octanol–water partition coefficient (Wildman–Crippen LogP) is 1.41. The van der Waals surface area contributed by atoms with E-state index in [9.17, 15) is 14.4 Å². The number of hydrazine groups is 1. The number of carbonyl (C=O) groups excluding carboxylic acids is 3. The molecule has 27 heavy (non-hydrogen) atoms. The van der Waals surface area contributed by atoms with Gasteiger partial charge in [0.2, 0.25) is 5.91 Å². The lowest BCUT2D eigenvalue weighted by molar-refractivity contribution is -0.117. The van der Waals surface area contributed by atoms with Crippen LogP contribution in [0.1, 0.15) is 22.8 Å². The van der Waals surface area contributed by atoms with E-state index in [1.807, 2.05) is 5.43 Å². The minimum absolute atomic E-state index is 0.0152. The molecule has 0 saturated heterocycles. The van der Waals surface area contributed by atoms with Crippen LogP contribution in [0.5, 0.6) is 5.75 Å². The van der Waals surface area contributed by atoms with Crippen LogP contribution in [-0.4, -0.2) is 24.8 Å². The summed E-state index contributed by atoms with van der Waals surface area (Å²) in [7, 11) is 1.55. The molecule has 0 unspecified atom stereocenters. The van der Waals surface area contributed by atoms with Crippen molar-refractivity contribution in [1.29, 1.82) is 0 Å². The molecule has 0 atom stereocenters. The van der Waals surface area contributed by atoms with Gasteiger partial charge in [-0.15, -0.1) is 0 Å². The lowest BCUT2D eigenvalue weighted by atomic mass is 10.1. The molecule has 140 valence electrons. The Bertz CT molecular complexity index is 858. The molecule has 0 spiro atoms. The number of benzene rings is 2. The third-order valence-corrected chi connectivity index (χ3v) is 3.52. The third-order valence-electron chi connectivity index (χ3n) is 3.52. The largest absolute Gasteiger partial charge is 0.497 e. The average Bonchev–Trinajstić information content (AvgIpc) is 2.67. The lowest BCUT2D eigenvalue weighted by Gasteiger charge is -2.10. The van der Waals surface area contributed by atoms with Crippen molar-refractivity contribution in [3.05, 3.63) is 65.4 Å². The summed E-state index contributed by atoms with van der Waals surface area (Å²) in [5, 5.41) is 5.14. The first-order valence-electron chi connectivity index (χ1n) is 7.98. The van der Waals surface area contributed by atoms with Crippen molar-refractivity contribution in [2.24, 2.45) is 5.84 Å². The van der Waals surface area contributed by atoms with Crippen molar-refractivity contribution in [2.75, 3.05) is 12.4 Å². The number of carbonyl (C=O) groups is 3. The van der Waals surface area contributed by atoms with Crippen LogP contribution in [0.4, 0.5) is 5.69 Å². The number of ether oxygens (including phenoxy) is 1. The molecule has 5 N–H and O–H groups in total. The Hall–Kier alpha value is -3.65. The van der Waals surface area contributed by atoms with Crippen LogP contribution in [0.2, 0.25) is 0 Å². The van der Waals surface area contributed by atoms with Crippen LogP contribution >= 0.6 is 0 Å². The standard InChI is InChI=1S/C19H20N4O4/c1-12(24)21-15-7-5-14(6-8-15)18(25)22-17(19(26)23-20)11-13-3-9-16(27-2)10-4-13/h3-11H,20H2,1-2H3,(H,21,24)(H,22,25)(H,23,26)/b17-11-. The van der Waals surface area contributed by atoms with Crippen molar-refractivity contribution < 1.29 is 19.1 Å². The highest BCUT2D eigenvalue weighted by molar-refractivity contribution is 6.05. The topological polar surface area (TPSA) is 123 Å². The van der Waals surface area contributed by atoms with Gasteiger partial charge in [0.1, 0.15) is 11.4 Å². The van der Waals surface area contributed by atoms with Gasteiger partial charge in [-0.3, -0.25) is 19.8 Å². The monoisotopic (exact) mass is 368 g/mol. The first-order chi connectivity index (χ1) is 12.9. The molecule has 0 radical (unpaired) electrons. The maximum atomic E-state index is 12.4. The second-order valence-electron chi connectivity index (χ2n) is 5.52. The molecular weight excluding hydrogens is 348 g/mol. The van der Waals surface area contributed by atoms with E-state index in [2.05, 4.69) is 10.6 Å². The normalized spacial score (nSPS) is 10.7. The number of nitrogens with two attached hydrogens (primary N) is 1. The summed E-state index contributed by atoms with van der Waals surface area (Å²) in [4.78, 5) is 35.4. The predicted molar refractivity (Wildman–Crippen MR) is 102 cm³/mol. The number of rotatable bonds is 6. The summed E-state index contributed by atoms with van der Waals surface area (Å²) < 4.78 is 5.08. The van der Waals surface area contributed by atoms with Gasteiger partial charge in [0.25, 0.3) is 11.8 Å². The van der Waals surface area contributed by atoms with E-state index in [0.29, 0.717) is 22.6 Å². The van der Waals surface area contributed by atoms with Crippen molar-refractivity contribution >= 4 is 29.5 Å². The van der Waals surface area contributed by atoms with Crippen molar-refractivity contribution in [1.82, 2.24) is 10.7 Å². The smallest absolute Gasteiger partial charge is 0.281 e. The van der Waals surface area contributed by atoms with E-state index in [4.69, 9.17) is 10.6 Å². The lowest BCUT2D eigenvalue weighted by Crippen LogP contribution is -2.38.